The molecule has 0 saturated heterocycles. The third-order valence-electron chi connectivity index (χ3n) is 4.50. The quantitative estimate of drug-likeness (QED) is 0.789. The minimum Gasteiger partial charge on any atom is -0.481 e. The van der Waals surface area contributed by atoms with Crippen LogP contribution in [0.25, 0.3) is 22.4 Å². The summed E-state index contributed by atoms with van der Waals surface area (Å²) in [6.07, 6.45) is -0.255. The second kappa shape index (κ2) is 4.52. The Morgan fingerprint density at radius 2 is 1.87 bits per heavy atom. The third kappa shape index (κ3) is 1.76. The number of para-hydroxylation sites is 2. The van der Waals surface area contributed by atoms with Gasteiger partial charge in [0, 0.05) is 5.56 Å². The Kier molecular flexibility index (Phi) is 2.69. The predicted octanol–water partition coefficient (Wildman–Crippen LogP) is 3.09. The summed E-state index contributed by atoms with van der Waals surface area (Å²) >= 11 is 0. The lowest BCUT2D eigenvalue weighted by atomic mass is 9.74. The van der Waals surface area contributed by atoms with Crippen molar-refractivity contribution in [2.45, 2.75) is 18.8 Å². The van der Waals surface area contributed by atoms with Crippen LogP contribution in [-0.4, -0.2) is 26.5 Å². The molecule has 1 aliphatic heterocycles. The molecule has 0 bridgehead atoms. The fraction of sp³-hybridized carbons (Fsp3) is 0.167. The molecule has 2 aromatic carbocycles. The molecule has 1 aliphatic rings. The van der Waals surface area contributed by atoms with Gasteiger partial charge >= 0.3 is 5.97 Å². The molecule has 114 valence electrons. The van der Waals surface area contributed by atoms with Crippen molar-refractivity contribution in [2.75, 3.05) is 0 Å². The van der Waals surface area contributed by atoms with Crippen molar-refractivity contribution in [1.82, 2.24) is 9.55 Å². The molecule has 1 unspecified atom stereocenters. The molecule has 5 nitrogen and oxygen atoms in total. The van der Waals surface area contributed by atoms with Gasteiger partial charge in [-0.05, 0) is 24.6 Å². The highest BCUT2D eigenvalue weighted by atomic mass is 16.4. The molecular weight excluding hydrogens is 292 g/mol. The Balaban J connectivity index is 2.10. The van der Waals surface area contributed by atoms with E-state index < -0.39 is 11.4 Å². The number of hydrogen-bond acceptors (Lipinski definition) is 3. The number of fused-ring (bicyclic) bond motifs is 5. The number of carbonyl (C=O) groups is 2. The molecule has 1 atom stereocenters. The van der Waals surface area contributed by atoms with E-state index in [0.717, 1.165) is 16.6 Å². The average Bonchev–Trinajstić information content (AvgIpc) is 2.92. The van der Waals surface area contributed by atoms with Gasteiger partial charge in [0.25, 0.3) is 0 Å². The summed E-state index contributed by atoms with van der Waals surface area (Å²) < 4.78 is 1.56. The first-order valence-electron chi connectivity index (χ1n) is 7.36. The van der Waals surface area contributed by atoms with Crippen LogP contribution in [0.15, 0.2) is 48.5 Å². The van der Waals surface area contributed by atoms with Crippen molar-refractivity contribution in [3.63, 3.8) is 0 Å². The zero-order chi connectivity index (χ0) is 16.2. The van der Waals surface area contributed by atoms with Crippen LogP contribution in [0, 0.1) is 0 Å². The Labute approximate surface area is 132 Å². The van der Waals surface area contributed by atoms with Crippen molar-refractivity contribution < 1.29 is 14.7 Å². The van der Waals surface area contributed by atoms with Crippen LogP contribution in [0.2, 0.25) is 0 Å². The summed E-state index contributed by atoms with van der Waals surface area (Å²) in [7, 11) is 0. The summed E-state index contributed by atoms with van der Waals surface area (Å²) in [6, 6.07) is 14.8. The van der Waals surface area contributed by atoms with E-state index in [1.165, 1.54) is 0 Å². The number of benzene rings is 2. The van der Waals surface area contributed by atoms with Crippen molar-refractivity contribution in [3.05, 3.63) is 54.1 Å². The van der Waals surface area contributed by atoms with Crippen LogP contribution in [0.4, 0.5) is 0 Å². The Morgan fingerprint density at radius 3 is 2.65 bits per heavy atom. The van der Waals surface area contributed by atoms with Crippen LogP contribution in [-0.2, 0) is 10.2 Å². The zero-order valence-corrected chi connectivity index (χ0v) is 12.5. The van der Waals surface area contributed by atoms with E-state index in [9.17, 15) is 14.7 Å². The Bertz CT molecular complexity index is 973. The number of rotatable bonds is 2. The van der Waals surface area contributed by atoms with Crippen molar-refractivity contribution >= 4 is 22.9 Å². The fourth-order valence-corrected chi connectivity index (χ4v) is 3.41. The van der Waals surface area contributed by atoms with Gasteiger partial charge < -0.3 is 5.11 Å². The van der Waals surface area contributed by atoms with Gasteiger partial charge in [0.05, 0.1) is 22.9 Å². The normalized spacial score (nSPS) is 19.4. The highest BCUT2D eigenvalue weighted by Gasteiger charge is 2.45. The standard InChI is InChI=1S/C18H14N2O3/c1-18(10-15(21)22)12-7-3-2-6-11(12)16-19-13-8-4-5-9-14(13)20(16)17(18)23/h2-9H,10H2,1H3,(H,21,22). The summed E-state index contributed by atoms with van der Waals surface area (Å²) in [5.41, 5.74) is 1.85. The summed E-state index contributed by atoms with van der Waals surface area (Å²) in [5, 5.41) is 9.31. The van der Waals surface area contributed by atoms with Crippen LogP contribution in [0.3, 0.4) is 0 Å². The van der Waals surface area contributed by atoms with E-state index in [4.69, 9.17) is 0 Å². The smallest absolute Gasteiger partial charge is 0.304 e. The first kappa shape index (κ1) is 13.7. The van der Waals surface area contributed by atoms with Crippen LogP contribution in [0.5, 0.6) is 0 Å². The number of hydrogen-bond donors (Lipinski definition) is 1. The number of aliphatic carboxylic acids is 1. The van der Waals surface area contributed by atoms with E-state index in [-0.39, 0.29) is 12.3 Å². The van der Waals surface area contributed by atoms with Crippen LogP contribution < -0.4 is 0 Å². The van der Waals surface area contributed by atoms with Crippen molar-refractivity contribution in [3.8, 4) is 11.4 Å². The number of imidazole rings is 1. The summed E-state index contributed by atoms with van der Waals surface area (Å²) in [4.78, 5) is 29.1. The van der Waals surface area contributed by atoms with E-state index in [0.29, 0.717) is 11.3 Å². The number of nitrogens with zero attached hydrogens (tertiary/aromatic N) is 2. The summed E-state index contributed by atoms with van der Waals surface area (Å²) in [5.74, 6) is -0.666. The Morgan fingerprint density at radius 1 is 1.17 bits per heavy atom. The number of carboxylic acid groups (broad SMARTS) is 1. The second-order valence-corrected chi connectivity index (χ2v) is 6.01. The van der Waals surface area contributed by atoms with Gasteiger partial charge in [0.15, 0.2) is 0 Å². The third-order valence-corrected chi connectivity index (χ3v) is 4.50. The Hall–Kier alpha value is -2.95. The monoisotopic (exact) mass is 306 g/mol. The number of aromatic nitrogens is 2. The largest absolute Gasteiger partial charge is 0.481 e. The molecule has 2 heterocycles. The second-order valence-electron chi connectivity index (χ2n) is 6.01. The molecule has 0 spiro atoms. The van der Waals surface area contributed by atoms with Gasteiger partial charge in [0.2, 0.25) is 5.91 Å². The molecule has 4 rings (SSSR count). The maximum absolute atomic E-state index is 13.2. The molecule has 0 amide bonds. The minimum atomic E-state index is -1.11. The van der Waals surface area contributed by atoms with Gasteiger partial charge in [-0.1, -0.05) is 36.4 Å². The average molecular weight is 306 g/mol. The first-order chi connectivity index (χ1) is 11.0. The topological polar surface area (TPSA) is 72.2 Å². The van der Waals surface area contributed by atoms with Gasteiger partial charge in [0.1, 0.15) is 5.82 Å². The first-order valence-corrected chi connectivity index (χ1v) is 7.36. The molecular formula is C18H14N2O3. The molecule has 0 fully saturated rings. The highest BCUT2D eigenvalue weighted by molar-refractivity contribution is 6.05. The fourth-order valence-electron chi connectivity index (χ4n) is 3.41. The molecule has 0 aliphatic carbocycles. The van der Waals surface area contributed by atoms with Crippen LogP contribution in [0.1, 0.15) is 23.7 Å². The van der Waals surface area contributed by atoms with Gasteiger partial charge in [-0.3, -0.25) is 14.2 Å². The van der Waals surface area contributed by atoms with Gasteiger partial charge in [-0.2, -0.15) is 0 Å². The van der Waals surface area contributed by atoms with Gasteiger partial charge in [-0.15, -0.1) is 0 Å². The lowest BCUT2D eigenvalue weighted by Crippen LogP contribution is -2.42. The lowest BCUT2D eigenvalue weighted by Gasteiger charge is -2.33. The van der Waals surface area contributed by atoms with Crippen LogP contribution >= 0.6 is 0 Å². The SMILES string of the molecule is CC1(CC(=O)O)C(=O)n2c(nc3ccccc32)-c2ccccc21. The molecule has 1 aromatic heterocycles. The van der Waals surface area contributed by atoms with Crippen molar-refractivity contribution in [2.24, 2.45) is 0 Å². The highest BCUT2D eigenvalue weighted by Crippen LogP contribution is 2.42. The predicted molar refractivity (Wildman–Crippen MR) is 85.4 cm³/mol. The maximum Gasteiger partial charge on any atom is 0.304 e. The van der Waals surface area contributed by atoms with E-state index in [2.05, 4.69) is 4.98 Å². The minimum absolute atomic E-state index is 0.248. The van der Waals surface area contributed by atoms with Gasteiger partial charge in [-0.25, -0.2) is 4.98 Å². The van der Waals surface area contributed by atoms with Crippen molar-refractivity contribution in [1.29, 1.82) is 0 Å². The van der Waals surface area contributed by atoms with E-state index >= 15 is 0 Å². The molecule has 0 saturated carbocycles. The molecule has 23 heavy (non-hydrogen) atoms. The number of carboxylic acids is 1. The molecule has 0 radical (unpaired) electrons. The maximum atomic E-state index is 13.2. The summed E-state index contributed by atoms with van der Waals surface area (Å²) in [6.45, 7) is 1.69. The number of carbonyl (C=O) groups excluding carboxylic acids is 1. The zero-order valence-electron chi connectivity index (χ0n) is 12.5. The lowest BCUT2D eigenvalue weighted by molar-refractivity contribution is -0.138. The van der Waals surface area contributed by atoms with E-state index in [1.54, 1.807) is 11.5 Å². The molecule has 5 heteroatoms. The molecule has 3 aromatic rings. The molecule has 1 N–H and O–H groups in total. The van der Waals surface area contributed by atoms with E-state index in [1.807, 2.05) is 48.5 Å².